The van der Waals surface area contributed by atoms with Gasteiger partial charge in [-0.3, -0.25) is 0 Å². The fourth-order valence-electron chi connectivity index (χ4n) is 4.91. The predicted molar refractivity (Wildman–Crippen MR) is 113 cm³/mol. The lowest BCUT2D eigenvalue weighted by molar-refractivity contribution is 0.0582. The smallest absolute Gasteiger partial charge is 0.225 e. The monoisotopic (exact) mass is 422 g/mol. The van der Waals surface area contributed by atoms with Gasteiger partial charge in [-0.05, 0) is 69.3 Å². The molecule has 3 heterocycles. The Morgan fingerprint density at radius 3 is 2.55 bits per heavy atom. The molecule has 0 amide bonds. The Morgan fingerprint density at radius 1 is 1.14 bits per heavy atom. The molecule has 29 heavy (non-hydrogen) atoms. The molecule has 0 unspecified atom stereocenters. The molecule has 4 rings (SSSR count). The molecule has 8 heteroatoms. The van der Waals surface area contributed by atoms with Crippen LogP contribution in [0.4, 0.5) is 5.95 Å². The molecule has 0 bridgehead atoms. The molecule has 0 aromatic carbocycles. The summed E-state index contributed by atoms with van der Waals surface area (Å²) in [6.07, 6.45) is 9.59. The SMILES string of the molecule is CCS(=O)(=O)N1CC[C@@H](OCC[C@@H]2C[C@@H]2C2CCN(c3ncc(C)cn3)CC2)C1. The molecule has 1 saturated carbocycles. The molecular weight excluding hydrogens is 388 g/mol. The van der Waals surface area contributed by atoms with E-state index in [0.717, 1.165) is 61.8 Å². The topological polar surface area (TPSA) is 75.6 Å². The zero-order chi connectivity index (χ0) is 20.4. The second kappa shape index (κ2) is 8.86. The summed E-state index contributed by atoms with van der Waals surface area (Å²) in [4.78, 5) is 11.2. The van der Waals surface area contributed by atoms with Crippen LogP contribution in [0.5, 0.6) is 0 Å². The summed E-state index contributed by atoms with van der Waals surface area (Å²) in [5.74, 6) is 3.50. The highest BCUT2D eigenvalue weighted by molar-refractivity contribution is 7.89. The van der Waals surface area contributed by atoms with Gasteiger partial charge in [-0.1, -0.05) is 0 Å². The van der Waals surface area contributed by atoms with Crippen molar-refractivity contribution in [2.24, 2.45) is 17.8 Å². The van der Waals surface area contributed by atoms with Crippen molar-refractivity contribution < 1.29 is 13.2 Å². The first-order valence-electron chi connectivity index (χ1n) is 11.1. The lowest BCUT2D eigenvalue weighted by atomic mass is 9.90. The van der Waals surface area contributed by atoms with E-state index >= 15 is 0 Å². The summed E-state index contributed by atoms with van der Waals surface area (Å²) < 4.78 is 31.5. The number of ether oxygens (including phenoxy) is 1. The molecule has 162 valence electrons. The van der Waals surface area contributed by atoms with Crippen molar-refractivity contribution in [2.45, 2.75) is 52.1 Å². The Kier molecular flexibility index (Phi) is 6.41. The Bertz CT molecular complexity index is 778. The molecule has 0 N–H and O–H groups in total. The van der Waals surface area contributed by atoms with Gasteiger partial charge in [-0.2, -0.15) is 4.31 Å². The number of anilines is 1. The molecule has 1 aromatic heterocycles. The molecule has 3 atom stereocenters. The quantitative estimate of drug-likeness (QED) is 0.641. The van der Waals surface area contributed by atoms with Gasteiger partial charge in [0.2, 0.25) is 16.0 Å². The average molecular weight is 423 g/mol. The minimum absolute atomic E-state index is 0.0753. The van der Waals surface area contributed by atoms with E-state index in [0.29, 0.717) is 13.1 Å². The summed E-state index contributed by atoms with van der Waals surface area (Å²) in [5, 5.41) is 0. The van der Waals surface area contributed by atoms with Crippen LogP contribution in [-0.2, 0) is 14.8 Å². The van der Waals surface area contributed by atoms with Crippen LogP contribution >= 0.6 is 0 Å². The lowest BCUT2D eigenvalue weighted by Gasteiger charge is -2.32. The maximum absolute atomic E-state index is 11.9. The summed E-state index contributed by atoms with van der Waals surface area (Å²) >= 11 is 0. The molecule has 0 radical (unpaired) electrons. The van der Waals surface area contributed by atoms with Gasteiger partial charge in [0.15, 0.2) is 0 Å². The number of rotatable bonds is 8. The first kappa shape index (κ1) is 21.0. The highest BCUT2D eigenvalue weighted by atomic mass is 32.2. The maximum Gasteiger partial charge on any atom is 0.225 e. The van der Waals surface area contributed by atoms with E-state index in [4.69, 9.17) is 4.74 Å². The Labute approximate surface area is 174 Å². The van der Waals surface area contributed by atoms with Crippen LogP contribution in [0, 0.1) is 24.7 Å². The molecular formula is C21H34N4O3S. The van der Waals surface area contributed by atoms with Crippen molar-refractivity contribution in [1.29, 1.82) is 0 Å². The maximum atomic E-state index is 11.9. The predicted octanol–water partition coefficient (Wildman–Crippen LogP) is 2.47. The van der Waals surface area contributed by atoms with Gasteiger partial charge in [0.05, 0.1) is 11.9 Å². The van der Waals surface area contributed by atoms with Crippen molar-refractivity contribution in [2.75, 3.05) is 43.4 Å². The van der Waals surface area contributed by atoms with E-state index < -0.39 is 10.0 Å². The minimum atomic E-state index is -3.07. The highest BCUT2D eigenvalue weighted by Crippen LogP contribution is 2.49. The lowest BCUT2D eigenvalue weighted by Crippen LogP contribution is -2.35. The minimum Gasteiger partial charge on any atom is -0.377 e. The third-order valence-electron chi connectivity index (χ3n) is 6.88. The van der Waals surface area contributed by atoms with Crippen LogP contribution in [0.15, 0.2) is 12.4 Å². The van der Waals surface area contributed by atoms with Gasteiger partial charge >= 0.3 is 0 Å². The fourth-order valence-corrected chi connectivity index (χ4v) is 6.05. The van der Waals surface area contributed by atoms with Gasteiger partial charge < -0.3 is 9.64 Å². The second-order valence-corrected chi connectivity index (χ2v) is 11.1. The largest absolute Gasteiger partial charge is 0.377 e. The third-order valence-corrected chi connectivity index (χ3v) is 8.73. The molecule has 0 spiro atoms. The van der Waals surface area contributed by atoms with Crippen LogP contribution in [0.2, 0.25) is 0 Å². The Morgan fingerprint density at radius 2 is 1.86 bits per heavy atom. The number of hydrogen-bond donors (Lipinski definition) is 0. The number of aryl methyl sites for hydroxylation is 1. The van der Waals surface area contributed by atoms with E-state index in [1.54, 1.807) is 11.2 Å². The van der Waals surface area contributed by atoms with Crippen molar-refractivity contribution in [3.63, 3.8) is 0 Å². The highest BCUT2D eigenvalue weighted by Gasteiger charge is 2.43. The van der Waals surface area contributed by atoms with Gasteiger partial charge in [0.1, 0.15) is 0 Å². The van der Waals surface area contributed by atoms with E-state index in [2.05, 4.69) is 14.9 Å². The summed E-state index contributed by atoms with van der Waals surface area (Å²) in [6, 6.07) is 0. The molecule has 1 aliphatic carbocycles. The molecule has 7 nitrogen and oxygen atoms in total. The number of nitrogens with zero attached hydrogens (tertiary/aromatic N) is 4. The van der Waals surface area contributed by atoms with Crippen LogP contribution in [0.1, 0.15) is 44.6 Å². The number of sulfonamides is 1. The third kappa shape index (κ3) is 5.09. The van der Waals surface area contributed by atoms with Crippen LogP contribution < -0.4 is 4.90 Å². The van der Waals surface area contributed by atoms with Crippen molar-refractivity contribution in [3.05, 3.63) is 18.0 Å². The molecule has 3 aliphatic rings. The number of hydrogen-bond acceptors (Lipinski definition) is 6. The van der Waals surface area contributed by atoms with Crippen LogP contribution in [0.3, 0.4) is 0 Å². The fraction of sp³-hybridized carbons (Fsp3) is 0.810. The molecule has 2 aliphatic heterocycles. The first-order chi connectivity index (χ1) is 14.0. The zero-order valence-corrected chi connectivity index (χ0v) is 18.5. The van der Waals surface area contributed by atoms with Crippen LogP contribution in [0.25, 0.3) is 0 Å². The summed E-state index contributed by atoms with van der Waals surface area (Å²) in [5.41, 5.74) is 1.10. The second-order valence-electron chi connectivity index (χ2n) is 8.87. The number of aromatic nitrogens is 2. The molecule has 1 aromatic rings. The summed E-state index contributed by atoms with van der Waals surface area (Å²) in [7, 11) is -3.07. The van der Waals surface area contributed by atoms with Crippen molar-refractivity contribution in [3.8, 4) is 0 Å². The van der Waals surface area contributed by atoms with E-state index in [9.17, 15) is 8.42 Å². The molecule has 2 saturated heterocycles. The van der Waals surface area contributed by atoms with E-state index in [1.165, 1.54) is 19.3 Å². The number of piperidine rings is 1. The first-order valence-corrected chi connectivity index (χ1v) is 12.7. The van der Waals surface area contributed by atoms with Crippen molar-refractivity contribution >= 4 is 16.0 Å². The van der Waals surface area contributed by atoms with Gasteiger partial charge in [-0.15, -0.1) is 0 Å². The van der Waals surface area contributed by atoms with E-state index in [-0.39, 0.29) is 11.9 Å². The summed E-state index contributed by atoms with van der Waals surface area (Å²) in [6.45, 7) is 7.73. The Hall–Kier alpha value is -1.25. The van der Waals surface area contributed by atoms with Crippen molar-refractivity contribution in [1.82, 2.24) is 14.3 Å². The van der Waals surface area contributed by atoms with Gasteiger partial charge in [0, 0.05) is 45.2 Å². The average Bonchev–Trinajstić information content (AvgIpc) is 3.34. The van der Waals surface area contributed by atoms with Gasteiger partial charge in [0.25, 0.3) is 0 Å². The van der Waals surface area contributed by atoms with Gasteiger partial charge in [-0.25, -0.2) is 18.4 Å². The zero-order valence-electron chi connectivity index (χ0n) is 17.7. The Balaban J connectivity index is 1.13. The van der Waals surface area contributed by atoms with E-state index in [1.807, 2.05) is 19.3 Å². The standard InChI is InChI=1S/C21H34N4O3S/c1-3-29(26,27)25-10-6-19(15-25)28-11-7-18-12-20(18)17-4-8-24(9-5-17)21-22-13-16(2)14-23-21/h13-14,17-20H,3-12,15H2,1-2H3/t18-,19-,20-/m1/s1. The van der Waals surface area contributed by atoms with Crippen LogP contribution in [-0.4, -0.2) is 67.3 Å². The normalized spacial score (nSPS) is 28.8. The molecule has 3 fully saturated rings.